The van der Waals surface area contributed by atoms with Crippen molar-refractivity contribution in [2.75, 3.05) is 0 Å². The summed E-state index contributed by atoms with van der Waals surface area (Å²) in [5.74, 6) is 2.79. The first kappa shape index (κ1) is 12.5. The van der Waals surface area contributed by atoms with Crippen molar-refractivity contribution in [3.05, 3.63) is 35.4 Å². The number of fused-ring (bicyclic) bond motifs is 3. The lowest BCUT2D eigenvalue weighted by Gasteiger charge is -2.36. The Morgan fingerprint density at radius 1 is 1.15 bits per heavy atom. The number of hydrogen-bond acceptors (Lipinski definition) is 1. The normalized spacial score (nSPS) is 38.5. The van der Waals surface area contributed by atoms with Crippen molar-refractivity contribution >= 4 is 0 Å². The molecular formula is C19H23N. The van der Waals surface area contributed by atoms with Gasteiger partial charge in [-0.25, -0.2) is 0 Å². The van der Waals surface area contributed by atoms with Gasteiger partial charge < -0.3 is 0 Å². The maximum Gasteiger partial charge on any atom is 0.0693 e. The minimum absolute atomic E-state index is 0.0660. The summed E-state index contributed by atoms with van der Waals surface area (Å²) in [7, 11) is 0. The van der Waals surface area contributed by atoms with Gasteiger partial charge in [0.05, 0.1) is 11.5 Å². The van der Waals surface area contributed by atoms with Gasteiger partial charge in [-0.1, -0.05) is 30.7 Å². The van der Waals surface area contributed by atoms with Gasteiger partial charge in [0.1, 0.15) is 0 Å². The van der Waals surface area contributed by atoms with Crippen LogP contribution in [-0.4, -0.2) is 0 Å². The first-order valence-corrected chi connectivity index (χ1v) is 8.26. The monoisotopic (exact) mass is 265 g/mol. The highest BCUT2D eigenvalue weighted by Crippen LogP contribution is 2.53. The van der Waals surface area contributed by atoms with Crippen LogP contribution in [0.1, 0.15) is 49.7 Å². The summed E-state index contributed by atoms with van der Waals surface area (Å²) in [6.07, 6.45) is 10.1. The highest BCUT2D eigenvalue weighted by atomic mass is 14.5. The van der Waals surface area contributed by atoms with E-state index in [1.54, 1.807) is 0 Å². The van der Waals surface area contributed by atoms with E-state index in [-0.39, 0.29) is 5.41 Å². The number of nitrogens with zero attached hydrogens (tertiary/aromatic N) is 1. The van der Waals surface area contributed by atoms with Gasteiger partial charge in [0, 0.05) is 0 Å². The smallest absolute Gasteiger partial charge is 0.0693 e. The summed E-state index contributed by atoms with van der Waals surface area (Å²) in [5, 5.41) is 9.85. The van der Waals surface area contributed by atoms with E-state index in [4.69, 9.17) is 0 Å². The van der Waals surface area contributed by atoms with E-state index < -0.39 is 0 Å². The molecule has 1 heteroatoms. The van der Waals surface area contributed by atoms with Crippen molar-refractivity contribution < 1.29 is 0 Å². The molecule has 2 fully saturated rings. The van der Waals surface area contributed by atoms with Crippen molar-refractivity contribution in [2.45, 2.75) is 51.4 Å². The molecule has 104 valence electrons. The van der Waals surface area contributed by atoms with Crippen LogP contribution in [-0.2, 0) is 12.8 Å². The predicted molar refractivity (Wildman–Crippen MR) is 80.1 cm³/mol. The Labute approximate surface area is 122 Å². The topological polar surface area (TPSA) is 23.8 Å². The molecule has 1 aromatic carbocycles. The van der Waals surface area contributed by atoms with E-state index >= 15 is 0 Å². The minimum Gasteiger partial charge on any atom is -0.198 e. The van der Waals surface area contributed by atoms with Gasteiger partial charge in [0.15, 0.2) is 0 Å². The van der Waals surface area contributed by atoms with Crippen LogP contribution in [0.15, 0.2) is 24.3 Å². The molecule has 0 radical (unpaired) electrons. The Morgan fingerprint density at radius 2 is 2.00 bits per heavy atom. The molecule has 2 saturated carbocycles. The molecule has 0 saturated heterocycles. The van der Waals surface area contributed by atoms with E-state index in [2.05, 4.69) is 30.3 Å². The van der Waals surface area contributed by atoms with Crippen molar-refractivity contribution in [1.82, 2.24) is 0 Å². The Bertz CT molecular complexity index is 555. The van der Waals surface area contributed by atoms with Crippen LogP contribution in [0.5, 0.6) is 0 Å². The van der Waals surface area contributed by atoms with Crippen molar-refractivity contribution in [2.24, 2.45) is 23.2 Å². The molecule has 20 heavy (non-hydrogen) atoms. The van der Waals surface area contributed by atoms with E-state index in [9.17, 15) is 5.26 Å². The molecule has 0 aliphatic heterocycles. The number of nitriles is 1. The molecule has 4 atom stereocenters. The van der Waals surface area contributed by atoms with Crippen LogP contribution >= 0.6 is 0 Å². The van der Waals surface area contributed by atoms with Crippen LogP contribution in [0.25, 0.3) is 0 Å². The number of hydrogen-bond donors (Lipinski definition) is 0. The molecule has 4 rings (SSSR count). The molecule has 0 aromatic heterocycles. The third-order valence-corrected chi connectivity index (χ3v) is 6.29. The fourth-order valence-corrected chi connectivity index (χ4v) is 5.24. The van der Waals surface area contributed by atoms with Crippen molar-refractivity contribution in [1.29, 1.82) is 5.26 Å². The van der Waals surface area contributed by atoms with Crippen LogP contribution in [0.2, 0.25) is 0 Å². The standard InChI is InChI=1S/C19H23N/c20-13-19(12-18-10-14-5-6-16(18)9-14)8-7-15-3-1-2-4-17(15)11-19/h1-4,14,16,18H,5-12H2. The SMILES string of the molecule is N#CC1(CC2CC3CCC2C3)CCc2ccccc2C1. The van der Waals surface area contributed by atoms with Crippen LogP contribution in [0.4, 0.5) is 0 Å². The molecule has 0 N–H and O–H groups in total. The van der Waals surface area contributed by atoms with Gasteiger partial charge in [-0.3, -0.25) is 0 Å². The second-order valence-electron chi connectivity index (χ2n) is 7.48. The van der Waals surface area contributed by atoms with Gasteiger partial charge >= 0.3 is 0 Å². The maximum absolute atomic E-state index is 9.85. The third kappa shape index (κ3) is 1.97. The maximum atomic E-state index is 9.85. The molecule has 1 nitrogen and oxygen atoms in total. The van der Waals surface area contributed by atoms with Gasteiger partial charge in [-0.2, -0.15) is 5.26 Å². The predicted octanol–water partition coefficient (Wildman–Crippen LogP) is 4.51. The average Bonchev–Trinajstić information content (AvgIpc) is 3.09. The first-order chi connectivity index (χ1) is 9.78. The Hall–Kier alpha value is -1.29. The summed E-state index contributed by atoms with van der Waals surface area (Å²) >= 11 is 0. The van der Waals surface area contributed by atoms with Crippen LogP contribution in [0, 0.1) is 34.5 Å². The Morgan fingerprint density at radius 3 is 2.70 bits per heavy atom. The quantitative estimate of drug-likeness (QED) is 0.771. The molecule has 0 amide bonds. The molecule has 0 spiro atoms. The zero-order valence-electron chi connectivity index (χ0n) is 12.1. The molecule has 1 aromatic rings. The lowest BCUT2D eigenvalue weighted by atomic mass is 9.66. The van der Waals surface area contributed by atoms with Gasteiger partial charge in [0.2, 0.25) is 0 Å². The number of aryl methyl sites for hydroxylation is 1. The van der Waals surface area contributed by atoms with E-state index in [1.807, 2.05) is 0 Å². The molecular weight excluding hydrogens is 242 g/mol. The number of benzene rings is 1. The van der Waals surface area contributed by atoms with Crippen LogP contribution in [0.3, 0.4) is 0 Å². The van der Waals surface area contributed by atoms with Gasteiger partial charge in [-0.15, -0.1) is 0 Å². The average molecular weight is 265 g/mol. The largest absolute Gasteiger partial charge is 0.198 e. The van der Waals surface area contributed by atoms with Gasteiger partial charge in [0.25, 0.3) is 0 Å². The van der Waals surface area contributed by atoms with E-state index in [0.29, 0.717) is 0 Å². The third-order valence-electron chi connectivity index (χ3n) is 6.29. The second kappa shape index (κ2) is 4.62. The van der Waals surface area contributed by atoms with Crippen molar-refractivity contribution in [3.8, 4) is 6.07 Å². The molecule has 4 unspecified atom stereocenters. The Kier molecular flexibility index (Phi) is 2.88. The second-order valence-corrected chi connectivity index (χ2v) is 7.48. The lowest BCUT2D eigenvalue weighted by Crippen LogP contribution is -2.31. The highest BCUT2D eigenvalue weighted by molar-refractivity contribution is 5.33. The fraction of sp³-hybridized carbons (Fsp3) is 0.632. The molecule has 2 bridgehead atoms. The molecule has 3 aliphatic rings. The summed E-state index contributed by atoms with van der Waals surface area (Å²) < 4.78 is 0. The lowest BCUT2D eigenvalue weighted by molar-refractivity contribution is 0.204. The fourth-order valence-electron chi connectivity index (χ4n) is 5.24. The van der Waals surface area contributed by atoms with E-state index in [1.165, 1.54) is 43.2 Å². The zero-order valence-corrected chi connectivity index (χ0v) is 12.1. The zero-order chi connectivity index (χ0) is 13.6. The van der Waals surface area contributed by atoms with Crippen LogP contribution < -0.4 is 0 Å². The molecule has 3 aliphatic carbocycles. The summed E-state index contributed by atoms with van der Waals surface area (Å²) in [4.78, 5) is 0. The first-order valence-electron chi connectivity index (χ1n) is 8.26. The minimum atomic E-state index is -0.0660. The van der Waals surface area contributed by atoms with Gasteiger partial charge in [-0.05, 0) is 73.8 Å². The van der Waals surface area contributed by atoms with E-state index in [0.717, 1.165) is 37.0 Å². The Balaban J connectivity index is 1.55. The summed E-state index contributed by atoms with van der Waals surface area (Å²) in [6.45, 7) is 0. The summed E-state index contributed by atoms with van der Waals surface area (Å²) in [6, 6.07) is 11.5. The van der Waals surface area contributed by atoms with Crippen molar-refractivity contribution in [3.63, 3.8) is 0 Å². The summed E-state index contributed by atoms with van der Waals surface area (Å²) in [5.41, 5.74) is 2.85. The highest BCUT2D eigenvalue weighted by Gasteiger charge is 2.44. The molecule has 0 heterocycles. The number of rotatable bonds is 2.